The third-order valence-electron chi connectivity index (χ3n) is 6.14. The fourth-order valence-corrected chi connectivity index (χ4v) is 4.35. The summed E-state index contributed by atoms with van der Waals surface area (Å²) < 4.78 is 5.31. The van der Waals surface area contributed by atoms with Crippen molar-refractivity contribution in [2.24, 2.45) is 5.92 Å². The summed E-state index contributed by atoms with van der Waals surface area (Å²) in [4.78, 5) is 26.9. The monoisotopic (exact) mass is 446 g/mol. The number of rotatable bonds is 7. The summed E-state index contributed by atoms with van der Waals surface area (Å²) >= 11 is 0. The number of furan rings is 1. The number of hydrogen-bond acceptors (Lipinski definition) is 5. The van der Waals surface area contributed by atoms with Crippen molar-refractivity contribution in [1.29, 1.82) is 0 Å². The number of anilines is 1. The average Bonchev–Trinajstić information content (AvgIpc) is 3.35. The minimum atomic E-state index is -0.0445. The second-order valence-electron chi connectivity index (χ2n) is 9.26. The van der Waals surface area contributed by atoms with Gasteiger partial charge in [-0.3, -0.25) is 4.79 Å². The van der Waals surface area contributed by atoms with E-state index in [1.54, 1.807) is 18.4 Å². The molecule has 0 bridgehead atoms. The Morgan fingerprint density at radius 1 is 1.06 bits per heavy atom. The number of aromatic nitrogens is 2. The van der Waals surface area contributed by atoms with Crippen LogP contribution >= 0.6 is 0 Å². The summed E-state index contributed by atoms with van der Waals surface area (Å²) in [7, 11) is 0. The maximum Gasteiger partial charge on any atom is 0.289 e. The highest BCUT2D eigenvalue weighted by Crippen LogP contribution is 2.27. The van der Waals surface area contributed by atoms with Gasteiger partial charge in [-0.1, -0.05) is 50.6 Å². The molecule has 6 heteroatoms. The lowest BCUT2D eigenvalue weighted by Crippen LogP contribution is -2.49. The number of amides is 1. The highest BCUT2D eigenvalue weighted by molar-refractivity contribution is 5.91. The van der Waals surface area contributed by atoms with Crippen molar-refractivity contribution in [2.75, 3.05) is 31.1 Å². The summed E-state index contributed by atoms with van der Waals surface area (Å²) in [5.41, 5.74) is 4.86. The van der Waals surface area contributed by atoms with Crippen LogP contribution in [0.2, 0.25) is 0 Å². The van der Waals surface area contributed by atoms with Gasteiger partial charge in [-0.15, -0.1) is 0 Å². The Bertz CT molecular complexity index is 1070. The molecule has 0 unspecified atom stereocenters. The molecule has 0 N–H and O–H groups in total. The molecule has 0 saturated carbocycles. The van der Waals surface area contributed by atoms with Gasteiger partial charge in [0.25, 0.3) is 5.91 Å². The van der Waals surface area contributed by atoms with Crippen molar-refractivity contribution in [3.05, 3.63) is 76.6 Å². The van der Waals surface area contributed by atoms with Gasteiger partial charge in [0.2, 0.25) is 0 Å². The highest BCUT2D eigenvalue weighted by Gasteiger charge is 2.27. The number of carbonyl (C=O) groups is 1. The molecule has 1 aliphatic heterocycles. The molecule has 0 aliphatic carbocycles. The largest absolute Gasteiger partial charge is 0.459 e. The Kier molecular flexibility index (Phi) is 7.11. The molecule has 33 heavy (non-hydrogen) atoms. The molecule has 1 saturated heterocycles. The van der Waals surface area contributed by atoms with E-state index in [1.807, 2.05) is 4.90 Å². The van der Waals surface area contributed by atoms with Gasteiger partial charge in [0.05, 0.1) is 6.26 Å². The van der Waals surface area contributed by atoms with Crippen molar-refractivity contribution < 1.29 is 9.21 Å². The lowest BCUT2D eigenvalue weighted by Gasteiger charge is -2.36. The Balaban J connectivity index is 1.62. The predicted octanol–water partition coefficient (Wildman–Crippen LogP) is 4.69. The molecule has 4 rings (SSSR count). The molecule has 0 atom stereocenters. The van der Waals surface area contributed by atoms with Crippen LogP contribution in [-0.2, 0) is 19.3 Å². The first kappa shape index (κ1) is 23.0. The Hall–Kier alpha value is -3.15. The van der Waals surface area contributed by atoms with Gasteiger partial charge in [-0.05, 0) is 37.0 Å². The fraction of sp³-hybridized carbons (Fsp3) is 0.444. The summed E-state index contributed by atoms with van der Waals surface area (Å²) in [6, 6.07) is 12.2. The Morgan fingerprint density at radius 2 is 1.79 bits per heavy atom. The zero-order chi connectivity index (χ0) is 23.4. The molecular weight excluding hydrogens is 412 g/mol. The van der Waals surface area contributed by atoms with E-state index in [9.17, 15) is 4.79 Å². The highest BCUT2D eigenvalue weighted by atomic mass is 16.3. The van der Waals surface area contributed by atoms with Crippen LogP contribution in [0.15, 0.2) is 47.1 Å². The van der Waals surface area contributed by atoms with E-state index in [-0.39, 0.29) is 5.91 Å². The van der Waals surface area contributed by atoms with Gasteiger partial charge >= 0.3 is 0 Å². The van der Waals surface area contributed by atoms with Gasteiger partial charge in [0.1, 0.15) is 11.6 Å². The third kappa shape index (κ3) is 5.44. The van der Waals surface area contributed by atoms with Gasteiger partial charge in [-0.25, -0.2) is 9.97 Å². The van der Waals surface area contributed by atoms with Crippen LogP contribution in [-0.4, -0.2) is 47.0 Å². The first-order valence-electron chi connectivity index (χ1n) is 12.0. The number of benzene rings is 1. The first-order chi connectivity index (χ1) is 15.9. The summed E-state index contributed by atoms with van der Waals surface area (Å²) in [5, 5.41) is 0. The van der Waals surface area contributed by atoms with E-state index in [0.29, 0.717) is 24.8 Å². The van der Waals surface area contributed by atoms with Crippen LogP contribution in [0.3, 0.4) is 0 Å². The number of nitrogens with zero attached hydrogens (tertiary/aromatic N) is 4. The van der Waals surface area contributed by atoms with Gasteiger partial charge < -0.3 is 14.2 Å². The van der Waals surface area contributed by atoms with Crippen LogP contribution in [0.5, 0.6) is 0 Å². The third-order valence-corrected chi connectivity index (χ3v) is 6.14. The number of carbonyl (C=O) groups excluding carboxylic acids is 1. The number of aryl methyl sites for hydroxylation is 2. The van der Waals surface area contributed by atoms with Crippen LogP contribution < -0.4 is 4.90 Å². The van der Waals surface area contributed by atoms with E-state index >= 15 is 0 Å². The molecule has 2 aromatic heterocycles. The fourth-order valence-electron chi connectivity index (χ4n) is 4.35. The van der Waals surface area contributed by atoms with E-state index in [1.165, 1.54) is 16.7 Å². The van der Waals surface area contributed by atoms with Crippen LogP contribution in [0.1, 0.15) is 59.5 Å². The second kappa shape index (κ2) is 10.2. The van der Waals surface area contributed by atoms with Crippen molar-refractivity contribution in [3.8, 4) is 0 Å². The predicted molar refractivity (Wildman–Crippen MR) is 131 cm³/mol. The lowest BCUT2D eigenvalue weighted by molar-refractivity contribution is 0.0714. The van der Waals surface area contributed by atoms with Gasteiger partial charge in [0.15, 0.2) is 5.76 Å². The Labute approximate surface area is 196 Å². The minimum absolute atomic E-state index is 0.0445. The second-order valence-corrected chi connectivity index (χ2v) is 9.26. The van der Waals surface area contributed by atoms with Crippen molar-refractivity contribution in [2.45, 2.75) is 47.0 Å². The van der Waals surface area contributed by atoms with E-state index < -0.39 is 0 Å². The summed E-state index contributed by atoms with van der Waals surface area (Å²) in [6.45, 7) is 11.5. The molecule has 1 amide bonds. The van der Waals surface area contributed by atoms with Gasteiger partial charge in [0, 0.05) is 50.3 Å². The van der Waals surface area contributed by atoms with Crippen LogP contribution in [0.25, 0.3) is 0 Å². The van der Waals surface area contributed by atoms with Crippen molar-refractivity contribution >= 4 is 11.7 Å². The SMILES string of the molecule is CCc1nc(CC(C)C)nc(N2CCN(C(=O)c3ccco3)CC2)c1Cc1ccc(C)cc1. The summed E-state index contributed by atoms with van der Waals surface area (Å²) in [5.74, 6) is 2.80. The van der Waals surface area contributed by atoms with Crippen molar-refractivity contribution in [1.82, 2.24) is 14.9 Å². The number of hydrogen-bond donors (Lipinski definition) is 0. The molecule has 3 heterocycles. The normalized spacial score (nSPS) is 14.2. The van der Waals surface area contributed by atoms with E-state index in [0.717, 1.165) is 49.7 Å². The quantitative estimate of drug-likeness (QED) is 0.527. The topological polar surface area (TPSA) is 62.5 Å². The van der Waals surface area contributed by atoms with Crippen LogP contribution in [0, 0.1) is 12.8 Å². The molecule has 174 valence electrons. The van der Waals surface area contributed by atoms with Crippen molar-refractivity contribution in [3.63, 3.8) is 0 Å². The molecule has 1 aliphatic rings. The molecule has 1 aromatic carbocycles. The van der Waals surface area contributed by atoms with Gasteiger partial charge in [-0.2, -0.15) is 0 Å². The smallest absolute Gasteiger partial charge is 0.289 e. The zero-order valence-corrected chi connectivity index (χ0v) is 20.2. The molecule has 0 spiro atoms. The maximum absolute atomic E-state index is 12.7. The molecular formula is C27H34N4O2. The van der Waals surface area contributed by atoms with Crippen LogP contribution in [0.4, 0.5) is 5.82 Å². The average molecular weight is 447 g/mol. The molecule has 3 aromatic rings. The zero-order valence-electron chi connectivity index (χ0n) is 20.2. The van der Waals surface area contributed by atoms with E-state index in [4.69, 9.17) is 14.4 Å². The molecule has 6 nitrogen and oxygen atoms in total. The first-order valence-corrected chi connectivity index (χ1v) is 12.0. The molecule has 1 fully saturated rings. The Morgan fingerprint density at radius 3 is 2.39 bits per heavy atom. The standard InChI is InChI=1S/C27H34N4O2/c1-5-23-22(18-21-10-8-20(4)9-11-21)26(29-25(28-23)17-19(2)3)30-12-14-31(15-13-30)27(32)24-7-6-16-33-24/h6-11,16,19H,5,12-15,17-18H2,1-4H3. The summed E-state index contributed by atoms with van der Waals surface area (Å²) in [6.07, 6.45) is 4.09. The lowest BCUT2D eigenvalue weighted by atomic mass is 10.00. The minimum Gasteiger partial charge on any atom is -0.459 e. The number of piperazine rings is 1. The molecule has 0 radical (unpaired) electrons. The maximum atomic E-state index is 12.7. The van der Waals surface area contributed by atoms with E-state index in [2.05, 4.69) is 56.9 Å².